The summed E-state index contributed by atoms with van der Waals surface area (Å²) < 4.78 is 0. The Balaban J connectivity index is 2.37. The van der Waals surface area contributed by atoms with Gasteiger partial charge in [0, 0.05) is 11.4 Å². The molecule has 6 heteroatoms. The minimum absolute atomic E-state index is 0.162. The Kier molecular flexibility index (Phi) is 6.54. The maximum Gasteiger partial charge on any atom is 0.321 e. The standard InChI is InChI=1S/C14H20N2O3S/c1-9(2)10-3-5-11(6-4-10)16-13(17)8-20-7-12(15)14(18)19/h3-6,9,12H,7-8,15H2,1-2H3,(H,16,17)(H,18,19)/t12-/m0/s1. The second kappa shape index (κ2) is 7.91. The average molecular weight is 296 g/mol. The van der Waals surface area contributed by atoms with Crippen LogP contribution in [0.4, 0.5) is 5.69 Å². The van der Waals surface area contributed by atoms with Crippen molar-refractivity contribution >= 4 is 29.3 Å². The molecule has 0 saturated carbocycles. The second-order valence-electron chi connectivity index (χ2n) is 4.78. The Bertz CT molecular complexity index is 460. The summed E-state index contributed by atoms with van der Waals surface area (Å²) in [4.78, 5) is 22.2. The summed E-state index contributed by atoms with van der Waals surface area (Å²) in [7, 11) is 0. The lowest BCUT2D eigenvalue weighted by Gasteiger charge is -2.09. The van der Waals surface area contributed by atoms with Gasteiger partial charge in [-0.1, -0.05) is 26.0 Å². The average Bonchev–Trinajstić information content (AvgIpc) is 2.39. The van der Waals surface area contributed by atoms with Crippen molar-refractivity contribution in [1.82, 2.24) is 0 Å². The summed E-state index contributed by atoms with van der Waals surface area (Å²) in [6.45, 7) is 4.21. The highest BCUT2D eigenvalue weighted by molar-refractivity contribution is 8.00. The lowest BCUT2D eigenvalue weighted by molar-refractivity contribution is -0.137. The number of thioether (sulfide) groups is 1. The molecule has 0 radical (unpaired) electrons. The van der Waals surface area contributed by atoms with E-state index in [2.05, 4.69) is 19.2 Å². The van der Waals surface area contributed by atoms with Crippen molar-refractivity contribution in [2.45, 2.75) is 25.8 Å². The van der Waals surface area contributed by atoms with Gasteiger partial charge in [0.2, 0.25) is 5.91 Å². The molecule has 0 heterocycles. The van der Waals surface area contributed by atoms with Gasteiger partial charge < -0.3 is 16.2 Å². The van der Waals surface area contributed by atoms with Gasteiger partial charge in [-0.25, -0.2) is 0 Å². The third kappa shape index (κ3) is 5.63. The highest BCUT2D eigenvalue weighted by Gasteiger charge is 2.12. The number of carbonyl (C=O) groups excluding carboxylic acids is 1. The van der Waals surface area contributed by atoms with Crippen molar-refractivity contribution in [3.8, 4) is 0 Å². The van der Waals surface area contributed by atoms with Gasteiger partial charge in [0.25, 0.3) is 0 Å². The third-order valence-electron chi connectivity index (χ3n) is 2.71. The van der Waals surface area contributed by atoms with E-state index >= 15 is 0 Å². The number of carboxylic acid groups (broad SMARTS) is 1. The van der Waals surface area contributed by atoms with E-state index in [9.17, 15) is 9.59 Å². The molecule has 1 aromatic rings. The highest BCUT2D eigenvalue weighted by Crippen LogP contribution is 2.17. The fourth-order valence-corrected chi connectivity index (χ4v) is 2.27. The number of hydrogen-bond acceptors (Lipinski definition) is 4. The van der Waals surface area contributed by atoms with Crippen LogP contribution in [0.3, 0.4) is 0 Å². The summed E-state index contributed by atoms with van der Waals surface area (Å²) in [6.07, 6.45) is 0. The monoisotopic (exact) mass is 296 g/mol. The molecule has 4 N–H and O–H groups in total. The molecule has 0 aliphatic carbocycles. The van der Waals surface area contributed by atoms with Crippen LogP contribution in [0.2, 0.25) is 0 Å². The summed E-state index contributed by atoms with van der Waals surface area (Å²) >= 11 is 1.21. The van der Waals surface area contributed by atoms with Crippen LogP contribution in [0, 0.1) is 0 Å². The Morgan fingerprint density at radius 1 is 1.30 bits per heavy atom. The summed E-state index contributed by atoms with van der Waals surface area (Å²) in [5.74, 6) is -0.359. The number of rotatable bonds is 7. The van der Waals surface area contributed by atoms with Gasteiger partial charge in [-0.3, -0.25) is 9.59 Å². The van der Waals surface area contributed by atoms with Gasteiger partial charge in [0.15, 0.2) is 0 Å². The lowest BCUT2D eigenvalue weighted by Crippen LogP contribution is -2.33. The minimum atomic E-state index is -1.05. The summed E-state index contributed by atoms with van der Waals surface area (Å²) in [6, 6.07) is 6.75. The number of nitrogens with two attached hydrogens (primary N) is 1. The maximum atomic E-state index is 11.7. The van der Waals surface area contributed by atoms with Gasteiger partial charge >= 0.3 is 5.97 Å². The quantitative estimate of drug-likeness (QED) is 0.714. The second-order valence-corrected chi connectivity index (χ2v) is 5.82. The molecular formula is C14H20N2O3S. The first-order valence-electron chi connectivity index (χ1n) is 6.36. The number of amides is 1. The summed E-state index contributed by atoms with van der Waals surface area (Å²) in [5, 5.41) is 11.4. The van der Waals surface area contributed by atoms with E-state index in [1.54, 1.807) is 0 Å². The smallest absolute Gasteiger partial charge is 0.321 e. The molecule has 5 nitrogen and oxygen atoms in total. The Labute approximate surface area is 122 Å². The van der Waals surface area contributed by atoms with Crippen LogP contribution in [0.5, 0.6) is 0 Å². The number of nitrogens with one attached hydrogen (secondary N) is 1. The molecule has 1 aromatic carbocycles. The van der Waals surface area contributed by atoms with Crippen LogP contribution in [-0.4, -0.2) is 34.5 Å². The molecule has 0 aliphatic rings. The molecule has 0 aliphatic heterocycles. The van der Waals surface area contributed by atoms with Crippen LogP contribution in [0.15, 0.2) is 24.3 Å². The van der Waals surface area contributed by atoms with Crippen LogP contribution >= 0.6 is 11.8 Å². The molecule has 1 rings (SSSR count). The van der Waals surface area contributed by atoms with Gasteiger partial charge in [-0.2, -0.15) is 0 Å². The van der Waals surface area contributed by atoms with Gasteiger partial charge in [0.05, 0.1) is 5.75 Å². The fraction of sp³-hybridized carbons (Fsp3) is 0.429. The first-order chi connectivity index (χ1) is 9.40. The van der Waals surface area contributed by atoms with Gasteiger partial charge in [0.1, 0.15) is 6.04 Å². The number of carbonyl (C=O) groups is 2. The van der Waals surface area contributed by atoms with Crippen molar-refractivity contribution in [2.75, 3.05) is 16.8 Å². The van der Waals surface area contributed by atoms with E-state index < -0.39 is 12.0 Å². The fourth-order valence-electron chi connectivity index (χ4n) is 1.50. The number of benzene rings is 1. The predicted molar refractivity (Wildman–Crippen MR) is 82.1 cm³/mol. The molecular weight excluding hydrogens is 276 g/mol. The molecule has 0 aromatic heterocycles. The van der Waals surface area contributed by atoms with Crippen LogP contribution in [0.25, 0.3) is 0 Å². The Hall–Kier alpha value is -1.53. The van der Waals surface area contributed by atoms with Crippen molar-refractivity contribution in [3.63, 3.8) is 0 Å². The Morgan fingerprint density at radius 2 is 1.90 bits per heavy atom. The number of anilines is 1. The topological polar surface area (TPSA) is 92.4 Å². The zero-order valence-corrected chi connectivity index (χ0v) is 12.4. The van der Waals surface area contributed by atoms with Crippen molar-refractivity contribution < 1.29 is 14.7 Å². The number of carboxylic acids is 1. The first-order valence-corrected chi connectivity index (χ1v) is 7.51. The lowest BCUT2D eigenvalue weighted by atomic mass is 10.0. The molecule has 0 spiro atoms. The van der Waals surface area contributed by atoms with Crippen molar-refractivity contribution in [2.24, 2.45) is 5.73 Å². The molecule has 0 bridgehead atoms. The highest BCUT2D eigenvalue weighted by atomic mass is 32.2. The number of aliphatic carboxylic acids is 1. The molecule has 0 saturated heterocycles. The van der Waals surface area contributed by atoms with Crippen molar-refractivity contribution in [3.05, 3.63) is 29.8 Å². The predicted octanol–water partition coefficient (Wildman–Crippen LogP) is 1.89. The van der Waals surface area contributed by atoms with E-state index in [4.69, 9.17) is 10.8 Å². The van der Waals surface area contributed by atoms with E-state index in [1.165, 1.54) is 17.3 Å². The van der Waals surface area contributed by atoms with E-state index in [1.807, 2.05) is 24.3 Å². The molecule has 1 atom stereocenters. The third-order valence-corrected chi connectivity index (χ3v) is 3.77. The van der Waals surface area contributed by atoms with E-state index in [0.29, 0.717) is 5.92 Å². The molecule has 110 valence electrons. The molecule has 20 heavy (non-hydrogen) atoms. The van der Waals surface area contributed by atoms with Gasteiger partial charge in [-0.15, -0.1) is 11.8 Å². The van der Waals surface area contributed by atoms with Crippen LogP contribution < -0.4 is 11.1 Å². The molecule has 0 unspecified atom stereocenters. The van der Waals surface area contributed by atoms with E-state index in [0.717, 1.165) is 5.69 Å². The number of hydrogen-bond donors (Lipinski definition) is 3. The first kappa shape index (κ1) is 16.5. The molecule has 0 fully saturated rings. The zero-order valence-electron chi connectivity index (χ0n) is 11.6. The molecule has 1 amide bonds. The largest absolute Gasteiger partial charge is 0.480 e. The van der Waals surface area contributed by atoms with E-state index in [-0.39, 0.29) is 17.4 Å². The minimum Gasteiger partial charge on any atom is -0.480 e. The normalized spacial score (nSPS) is 12.2. The van der Waals surface area contributed by atoms with Crippen molar-refractivity contribution in [1.29, 1.82) is 0 Å². The van der Waals surface area contributed by atoms with Crippen LogP contribution in [-0.2, 0) is 9.59 Å². The maximum absolute atomic E-state index is 11.7. The Morgan fingerprint density at radius 3 is 2.40 bits per heavy atom. The zero-order chi connectivity index (χ0) is 15.1. The SMILES string of the molecule is CC(C)c1ccc(NC(=O)CSC[C@H](N)C(=O)O)cc1. The summed E-state index contributed by atoms with van der Waals surface area (Å²) in [5.41, 5.74) is 7.30. The van der Waals surface area contributed by atoms with Crippen LogP contribution in [0.1, 0.15) is 25.3 Å². The van der Waals surface area contributed by atoms with Gasteiger partial charge in [-0.05, 0) is 23.6 Å².